The van der Waals surface area contributed by atoms with Crippen molar-refractivity contribution in [3.63, 3.8) is 0 Å². The molecular formula is C19H36N2O2. The van der Waals surface area contributed by atoms with Crippen LogP contribution in [-0.2, 0) is 4.79 Å². The van der Waals surface area contributed by atoms with Crippen molar-refractivity contribution in [1.82, 2.24) is 10.2 Å². The van der Waals surface area contributed by atoms with Crippen LogP contribution in [0.5, 0.6) is 0 Å². The number of carbonyl (C=O) groups excluding carboxylic acids is 1. The maximum atomic E-state index is 12.2. The number of nitrogens with zero attached hydrogens (tertiary/aromatic N) is 1. The van der Waals surface area contributed by atoms with Crippen LogP contribution in [0, 0.1) is 16.7 Å². The van der Waals surface area contributed by atoms with Crippen LogP contribution in [0.25, 0.3) is 0 Å². The normalized spacial score (nSPS) is 36.7. The quantitative estimate of drug-likeness (QED) is 0.839. The SMILES string of the molecule is CNC(=O)[C@@]1(C)CCCN(CC2(O)CCC(C(C)(C)C)CC2)C1. The fourth-order valence-electron chi connectivity index (χ4n) is 4.56. The topological polar surface area (TPSA) is 52.6 Å². The molecule has 1 aliphatic carbocycles. The third-order valence-electron chi connectivity index (χ3n) is 6.21. The fourth-order valence-corrected chi connectivity index (χ4v) is 4.56. The summed E-state index contributed by atoms with van der Waals surface area (Å²) in [6.07, 6.45) is 5.98. The Hall–Kier alpha value is -0.610. The number of amides is 1. The second-order valence-electron chi connectivity index (χ2n) is 9.32. The lowest BCUT2D eigenvalue weighted by molar-refractivity contribution is -0.134. The van der Waals surface area contributed by atoms with Crippen molar-refractivity contribution in [3.05, 3.63) is 0 Å². The van der Waals surface area contributed by atoms with E-state index in [9.17, 15) is 9.90 Å². The minimum absolute atomic E-state index is 0.130. The molecule has 1 aliphatic heterocycles. The highest BCUT2D eigenvalue weighted by atomic mass is 16.3. The summed E-state index contributed by atoms with van der Waals surface area (Å²) in [7, 11) is 1.72. The number of piperidine rings is 1. The average molecular weight is 325 g/mol. The molecule has 2 fully saturated rings. The van der Waals surface area contributed by atoms with E-state index in [1.165, 1.54) is 0 Å². The van der Waals surface area contributed by atoms with Crippen LogP contribution in [-0.4, -0.2) is 48.2 Å². The summed E-state index contributed by atoms with van der Waals surface area (Å²) in [4.78, 5) is 14.5. The van der Waals surface area contributed by atoms with Crippen molar-refractivity contribution in [2.75, 3.05) is 26.7 Å². The Morgan fingerprint density at radius 3 is 2.39 bits per heavy atom. The lowest BCUT2D eigenvalue weighted by Gasteiger charge is -2.46. The molecule has 1 heterocycles. The Kier molecular flexibility index (Phi) is 5.47. The zero-order chi connectivity index (χ0) is 17.3. The van der Waals surface area contributed by atoms with Crippen molar-refractivity contribution >= 4 is 5.91 Å². The molecule has 1 saturated carbocycles. The van der Waals surface area contributed by atoms with Crippen molar-refractivity contribution in [2.45, 2.75) is 71.8 Å². The van der Waals surface area contributed by atoms with Crippen molar-refractivity contribution in [3.8, 4) is 0 Å². The summed E-state index contributed by atoms with van der Waals surface area (Å²) in [5.41, 5.74) is -0.543. The van der Waals surface area contributed by atoms with E-state index in [1.54, 1.807) is 7.05 Å². The monoisotopic (exact) mass is 324 g/mol. The van der Waals surface area contributed by atoms with Gasteiger partial charge in [0.1, 0.15) is 0 Å². The molecule has 0 bridgehead atoms. The molecule has 2 aliphatic rings. The lowest BCUT2D eigenvalue weighted by Crippen LogP contribution is -2.54. The van der Waals surface area contributed by atoms with E-state index in [0.717, 1.165) is 58.2 Å². The number of β-amino-alcohol motifs (C(OH)–C–C–N with tert-alkyl or cyclic N) is 1. The van der Waals surface area contributed by atoms with E-state index < -0.39 is 5.60 Å². The molecule has 0 unspecified atom stereocenters. The Morgan fingerprint density at radius 2 is 1.87 bits per heavy atom. The molecule has 0 aromatic rings. The van der Waals surface area contributed by atoms with Gasteiger partial charge in [0.2, 0.25) is 5.91 Å². The van der Waals surface area contributed by atoms with Gasteiger partial charge in [-0.25, -0.2) is 0 Å². The van der Waals surface area contributed by atoms with Crippen molar-refractivity contribution in [1.29, 1.82) is 0 Å². The van der Waals surface area contributed by atoms with E-state index in [4.69, 9.17) is 0 Å². The molecule has 1 amide bonds. The first-order chi connectivity index (χ1) is 10.6. The fraction of sp³-hybridized carbons (Fsp3) is 0.947. The summed E-state index contributed by atoms with van der Waals surface area (Å²) < 4.78 is 0. The number of rotatable bonds is 3. The van der Waals surface area contributed by atoms with Crippen LogP contribution in [0.15, 0.2) is 0 Å². The van der Waals surface area contributed by atoms with Gasteiger partial charge < -0.3 is 10.4 Å². The molecule has 4 heteroatoms. The number of aliphatic hydroxyl groups is 1. The van der Waals surface area contributed by atoms with Gasteiger partial charge in [0.25, 0.3) is 0 Å². The number of carbonyl (C=O) groups is 1. The summed E-state index contributed by atoms with van der Waals surface area (Å²) in [5.74, 6) is 0.839. The van der Waals surface area contributed by atoms with Crippen molar-refractivity contribution < 1.29 is 9.90 Å². The van der Waals surface area contributed by atoms with E-state index in [2.05, 4.69) is 37.9 Å². The highest BCUT2D eigenvalue weighted by Crippen LogP contribution is 2.42. The first-order valence-electron chi connectivity index (χ1n) is 9.25. The average Bonchev–Trinajstić information content (AvgIpc) is 2.45. The predicted octanol–water partition coefficient (Wildman–Crippen LogP) is 2.80. The van der Waals surface area contributed by atoms with Gasteiger partial charge in [0.05, 0.1) is 11.0 Å². The Labute approximate surface area is 142 Å². The lowest BCUT2D eigenvalue weighted by atomic mass is 9.68. The molecule has 1 atom stereocenters. The number of nitrogens with one attached hydrogen (secondary N) is 1. The smallest absolute Gasteiger partial charge is 0.226 e. The molecule has 4 nitrogen and oxygen atoms in total. The van der Waals surface area contributed by atoms with Gasteiger partial charge in [0.15, 0.2) is 0 Å². The minimum atomic E-state index is -0.567. The number of likely N-dealkylation sites (tertiary alicyclic amines) is 1. The second kappa shape index (κ2) is 6.72. The standard InChI is InChI=1S/C19H36N2O2/c1-17(2,3)15-7-10-19(23,11-8-15)14-21-12-6-9-18(4,13-21)16(22)20-5/h15,23H,6-14H2,1-5H3,(H,20,22)/t15?,18-,19?/m0/s1. The molecular weight excluding hydrogens is 288 g/mol. The van der Waals surface area contributed by atoms with Crippen LogP contribution in [0.4, 0.5) is 0 Å². The zero-order valence-electron chi connectivity index (χ0n) is 15.7. The highest BCUT2D eigenvalue weighted by Gasteiger charge is 2.42. The molecule has 0 aromatic carbocycles. The van der Waals surface area contributed by atoms with E-state index in [0.29, 0.717) is 11.3 Å². The van der Waals surface area contributed by atoms with E-state index >= 15 is 0 Å². The Morgan fingerprint density at radius 1 is 1.26 bits per heavy atom. The van der Waals surface area contributed by atoms with Gasteiger partial charge >= 0.3 is 0 Å². The summed E-state index contributed by atoms with van der Waals surface area (Å²) in [6, 6.07) is 0. The Bertz CT molecular complexity index is 422. The third-order valence-corrected chi connectivity index (χ3v) is 6.21. The zero-order valence-corrected chi connectivity index (χ0v) is 15.7. The molecule has 0 aromatic heterocycles. The van der Waals surface area contributed by atoms with Crippen LogP contribution in [0.2, 0.25) is 0 Å². The van der Waals surface area contributed by atoms with Gasteiger partial charge in [-0.3, -0.25) is 9.69 Å². The van der Waals surface area contributed by atoms with Gasteiger partial charge in [-0.2, -0.15) is 0 Å². The maximum absolute atomic E-state index is 12.2. The van der Waals surface area contributed by atoms with Crippen molar-refractivity contribution in [2.24, 2.45) is 16.7 Å². The summed E-state index contributed by atoms with van der Waals surface area (Å²) >= 11 is 0. The second-order valence-corrected chi connectivity index (χ2v) is 9.32. The first kappa shape index (κ1) is 18.7. The summed E-state index contributed by atoms with van der Waals surface area (Å²) in [5, 5.41) is 13.8. The molecule has 1 saturated heterocycles. The van der Waals surface area contributed by atoms with Gasteiger partial charge in [-0.1, -0.05) is 20.8 Å². The first-order valence-corrected chi connectivity index (χ1v) is 9.25. The number of hydrogen-bond acceptors (Lipinski definition) is 3. The van der Waals surface area contributed by atoms with Crippen LogP contribution in [0.3, 0.4) is 0 Å². The van der Waals surface area contributed by atoms with Crippen LogP contribution >= 0.6 is 0 Å². The molecule has 2 rings (SSSR count). The van der Waals surface area contributed by atoms with Crippen LogP contribution in [0.1, 0.15) is 66.2 Å². The van der Waals surface area contributed by atoms with E-state index in [-0.39, 0.29) is 11.3 Å². The molecule has 0 spiro atoms. The maximum Gasteiger partial charge on any atom is 0.226 e. The minimum Gasteiger partial charge on any atom is -0.389 e. The van der Waals surface area contributed by atoms with Gasteiger partial charge in [0, 0.05) is 20.1 Å². The Balaban J connectivity index is 1.93. The molecule has 2 N–H and O–H groups in total. The molecule has 0 radical (unpaired) electrons. The van der Waals surface area contributed by atoms with Crippen LogP contribution < -0.4 is 5.32 Å². The largest absolute Gasteiger partial charge is 0.389 e. The highest BCUT2D eigenvalue weighted by molar-refractivity contribution is 5.82. The molecule has 23 heavy (non-hydrogen) atoms. The third kappa shape index (κ3) is 4.48. The number of hydrogen-bond donors (Lipinski definition) is 2. The van der Waals surface area contributed by atoms with Gasteiger partial charge in [-0.05, 0) is 63.3 Å². The predicted molar refractivity (Wildman–Crippen MR) is 94.2 cm³/mol. The summed E-state index contributed by atoms with van der Waals surface area (Å²) in [6.45, 7) is 11.5. The van der Waals surface area contributed by atoms with Gasteiger partial charge in [-0.15, -0.1) is 0 Å². The van der Waals surface area contributed by atoms with E-state index in [1.807, 2.05) is 0 Å². The molecule has 134 valence electrons.